The molecule has 1 fully saturated rings. The molecule has 15 nitrogen and oxygen atoms in total. The SMILES string of the molecule is CC.CC.CCC(=O)OCc1cc(CCCOCCOCCOCCNC(=O)CCCCCN2C(=O)C=CC2=O)ccc1OC1CC(O)CC(C(=O)O)O1. The Kier molecular flexibility index (Phi) is 26.3. The van der Waals surface area contributed by atoms with Crippen molar-refractivity contribution in [1.82, 2.24) is 10.2 Å². The lowest BCUT2D eigenvalue weighted by Gasteiger charge is -2.31. The van der Waals surface area contributed by atoms with E-state index in [0.717, 1.165) is 18.4 Å². The zero-order valence-corrected chi connectivity index (χ0v) is 32.7. The fourth-order valence-electron chi connectivity index (χ4n) is 5.17. The van der Waals surface area contributed by atoms with Gasteiger partial charge in [0.1, 0.15) is 12.4 Å². The lowest BCUT2D eigenvalue weighted by molar-refractivity contribution is -0.195. The van der Waals surface area contributed by atoms with Gasteiger partial charge in [-0.3, -0.25) is 24.1 Å². The van der Waals surface area contributed by atoms with Crippen LogP contribution in [-0.4, -0.2) is 116 Å². The Morgan fingerprint density at radius 1 is 0.870 bits per heavy atom. The van der Waals surface area contributed by atoms with Gasteiger partial charge >= 0.3 is 11.9 Å². The Balaban J connectivity index is 0.00000352. The van der Waals surface area contributed by atoms with Crippen LogP contribution in [0.15, 0.2) is 30.4 Å². The number of amides is 3. The number of nitrogens with one attached hydrogen (secondary N) is 1. The molecule has 0 bridgehead atoms. The van der Waals surface area contributed by atoms with Crippen molar-refractivity contribution in [3.05, 3.63) is 41.5 Å². The summed E-state index contributed by atoms with van der Waals surface area (Å²) in [4.78, 5) is 59.3. The largest absolute Gasteiger partial charge is 0.479 e. The van der Waals surface area contributed by atoms with Gasteiger partial charge in [-0.25, -0.2) is 4.79 Å². The van der Waals surface area contributed by atoms with E-state index in [1.165, 1.54) is 17.1 Å². The number of esters is 1. The average Bonchev–Trinajstić information content (AvgIpc) is 3.50. The van der Waals surface area contributed by atoms with Crippen LogP contribution in [0.25, 0.3) is 0 Å². The van der Waals surface area contributed by atoms with Crippen LogP contribution < -0.4 is 10.1 Å². The molecule has 3 rings (SSSR count). The van der Waals surface area contributed by atoms with Crippen molar-refractivity contribution in [2.24, 2.45) is 0 Å². The molecule has 2 heterocycles. The number of carboxylic acids is 1. The predicted molar refractivity (Wildman–Crippen MR) is 200 cm³/mol. The van der Waals surface area contributed by atoms with Gasteiger partial charge in [-0.05, 0) is 43.4 Å². The molecule has 3 N–H and O–H groups in total. The minimum Gasteiger partial charge on any atom is -0.479 e. The summed E-state index contributed by atoms with van der Waals surface area (Å²) in [6.07, 6.45) is 3.76. The van der Waals surface area contributed by atoms with E-state index in [2.05, 4.69) is 5.32 Å². The quantitative estimate of drug-likeness (QED) is 0.0732. The molecule has 3 amide bonds. The molecule has 1 aromatic carbocycles. The summed E-state index contributed by atoms with van der Waals surface area (Å²) in [7, 11) is 0. The summed E-state index contributed by atoms with van der Waals surface area (Å²) in [5.74, 6) is -1.78. The summed E-state index contributed by atoms with van der Waals surface area (Å²) < 4.78 is 33.4. The number of carbonyl (C=O) groups is 5. The highest BCUT2D eigenvalue weighted by Crippen LogP contribution is 2.28. The minimum atomic E-state index is -1.17. The number of hydrogen-bond donors (Lipinski definition) is 3. The lowest BCUT2D eigenvalue weighted by atomic mass is 10.0. The van der Waals surface area contributed by atoms with Crippen LogP contribution in [0, 0.1) is 0 Å². The molecule has 15 heteroatoms. The van der Waals surface area contributed by atoms with Gasteiger partial charge in [-0.15, -0.1) is 0 Å². The highest BCUT2D eigenvalue weighted by Gasteiger charge is 2.34. The van der Waals surface area contributed by atoms with Crippen molar-refractivity contribution >= 4 is 29.7 Å². The highest BCUT2D eigenvalue weighted by atomic mass is 16.7. The van der Waals surface area contributed by atoms with Crippen molar-refractivity contribution in [2.75, 3.05) is 52.7 Å². The molecule has 0 spiro atoms. The molecule has 306 valence electrons. The van der Waals surface area contributed by atoms with Gasteiger partial charge in [-0.1, -0.05) is 47.1 Å². The molecule has 1 saturated heterocycles. The second-order valence-electron chi connectivity index (χ2n) is 11.9. The first kappa shape index (κ1) is 48.1. The van der Waals surface area contributed by atoms with Crippen LogP contribution in [0.1, 0.15) is 97.1 Å². The predicted octanol–water partition coefficient (Wildman–Crippen LogP) is 4.11. The maximum atomic E-state index is 11.9. The number of rotatable bonds is 25. The zero-order chi connectivity index (χ0) is 40.1. The molecule has 2 aliphatic heterocycles. The van der Waals surface area contributed by atoms with E-state index < -0.39 is 24.5 Å². The highest BCUT2D eigenvalue weighted by molar-refractivity contribution is 6.12. The first-order valence-corrected chi connectivity index (χ1v) is 19.2. The molecule has 0 aromatic heterocycles. The Labute approximate surface area is 319 Å². The fourth-order valence-corrected chi connectivity index (χ4v) is 5.17. The second kappa shape index (κ2) is 29.5. The van der Waals surface area contributed by atoms with Gasteiger partial charge < -0.3 is 44.0 Å². The number of ether oxygens (including phenoxy) is 6. The number of hydrogen-bond acceptors (Lipinski definition) is 12. The third-order valence-electron chi connectivity index (χ3n) is 7.86. The number of aliphatic hydroxyl groups is 1. The smallest absolute Gasteiger partial charge is 0.333 e. The number of aliphatic carboxylic acids is 1. The minimum absolute atomic E-state index is 0.0138. The maximum absolute atomic E-state index is 11.9. The van der Waals surface area contributed by atoms with Gasteiger partial charge in [-0.2, -0.15) is 0 Å². The molecule has 0 saturated carbocycles. The number of imide groups is 1. The summed E-state index contributed by atoms with van der Waals surface area (Å²) in [6.45, 7) is 13.0. The van der Waals surface area contributed by atoms with Crippen molar-refractivity contribution in [3.63, 3.8) is 0 Å². The number of benzene rings is 1. The molecule has 1 aromatic rings. The van der Waals surface area contributed by atoms with E-state index in [1.807, 2.05) is 39.8 Å². The topological polar surface area (TPSA) is 196 Å². The van der Waals surface area contributed by atoms with Crippen LogP contribution >= 0.6 is 0 Å². The number of aliphatic hydroxyl groups excluding tert-OH is 1. The number of aryl methyl sites for hydroxylation is 1. The first-order valence-electron chi connectivity index (χ1n) is 19.2. The summed E-state index contributed by atoms with van der Waals surface area (Å²) >= 11 is 0. The third kappa shape index (κ3) is 20.0. The molecule has 3 atom stereocenters. The van der Waals surface area contributed by atoms with Crippen molar-refractivity contribution in [3.8, 4) is 5.75 Å². The van der Waals surface area contributed by atoms with Crippen LogP contribution in [0.3, 0.4) is 0 Å². The normalized spacial score (nSPS) is 17.6. The van der Waals surface area contributed by atoms with E-state index in [4.69, 9.17) is 28.4 Å². The molecular weight excluding hydrogens is 704 g/mol. The monoisotopic (exact) mass is 766 g/mol. The van der Waals surface area contributed by atoms with E-state index >= 15 is 0 Å². The van der Waals surface area contributed by atoms with E-state index in [-0.39, 0.29) is 49.6 Å². The number of carboxylic acid groups (broad SMARTS) is 1. The van der Waals surface area contributed by atoms with E-state index in [1.54, 1.807) is 13.0 Å². The summed E-state index contributed by atoms with van der Waals surface area (Å²) in [5, 5.41) is 22.2. The van der Waals surface area contributed by atoms with Gasteiger partial charge in [0.05, 0.1) is 39.1 Å². The molecule has 54 heavy (non-hydrogen) atoms. The van der Waals surface area contributed by atoms with E-state index in [9.17, 15) is 34.2 Å². The van der Waals surface area contributed by atoms with Crippen molar-refractivity contribution in [1.29, 1.82) is 0 Å². The molecule has 0 radical (unpaired) electrons. The zero-order valence-electron chi connectivity index (χ0n) is 32.7. The molecule has 2 aliphatic rings. The molecular formula is C39H62N2O13. The second-order valence-corrected chi connectivity index (χ2v) is 11.9. The number of nitrogens with zero attached hydrogens (tertiary/aromatic N) is 1. The molecule has 0 aliphatic carbocycles. The number of carbonyl (C=O) groups excluding carboxylic acids is 4. The Bertz CT molecular complexity index is 1270. The van der Waals surface area contributed by atoms with Crippen LogP contribution in [0.5, 0.6) is 5.75 Å². The van der Waals surface area contributed by atoms with Crippen LogP contribution in [0.2, 0.25) is 0 Å². The summed E-state index contributed by atoms with van der Waals surface area (Å²) in [6, 6.07) is 5.46. The maximum Gasteiger partial charge on any atom is 0.333 e. The Morgan fingerprint density at radius 2 is 1.52 bits per heavy atom. The average molecular weight is 767 g/mol. The van der Waals surface area contributed by atoms with Crippen LogP contribution in [-0.2, 0) is 60.7 Å². The van der Waals surface area contributed by atoms with Gasteiger partial charge in [0.15, 0.2) is 6.10 Å². The standard InChI is InChI=1S/C35H50N2O13.2C2H6/c1-2-33(42)48-24-26-21-25(9-10-28(26)49-34-23-27(38)22-29(50-34)35(43)44)7-6-15-45-17-19-47-20-18-46-16-13-36-30(39)8-4-3-5-14-37-31(40)11-12-32(37)41;2*1-2/h9-12,21,27,29,34,38H,2-8,13-20,22-24H2,1H3,(H,36,39)(H,43,44);2*1-2H3. The van der Waals surface area contributed by atoms with Crippen molar-refractivity contribution in [2.45, 2.75) is 118 Å². The Morgan fingerprint density at radius 3 is 2.17 bits per heavy atom. The van der Waals surface area contributed by atoms with Crippen LogP contribution in [0.4, 0.5) is 0 Å². The Hall–Kier alpha value is -3.89. The summed E-state index contributed by atoms with van der Waals surface area (Å²) in [5.41, 5.74) is 1.58. The van der Waals surface area contributed by atoms with Gasteiger partial charge in [0.25, 0.3) is 11.8 Å². The van der Waals surface area contributed by atoms with Gasteiger partial charge in [0, 0.05) is 63.1 Å². The van der Waals surface area contributed by atoms with Gasteiger partial charge in [0.2, 0.25) is 12.2 Å². The fraction of sp³-hybridized carbons (Fsp3) is 0.667. The third-order valence-corrected chi connectivity index (χ3v) is 7.86. The first-order chi connectivity index (χ1) is 26.2. The lowest BCUT2D eigenvalue weighted by Crippen LogP contribution is -2.42. The molecule has 3 unspecified atom stereocenters. The van der Waals surface area contributed by atoms with Crippen molar-refractivity contribution < 1.29 is 62.6 Å². The number of unbranched alkanes of at least 4 members (excludes halogenated alkanes) is 2. The van der Waals surface area contributed by atoms with E-state index in [0.29, 0.717) is 89.7 Å².